The van der Waals surface area contributed by atoms with Crippen molar-refractivity contribution in [2.24, 2.45) is 5.92 Å². The second-order valence-corrected chi connectivity index (χ2v) is 9.89. The molecular weight excluding hydrogens is 492 g/mol. The van der Waals surface area contributed by atoms with Crippen LogP contribution in [-0.4, -0.2) is 55.6 Å². The van der Waals surface area contributed by atoms with Crippen LogP contribution in [0.1, 0.15) is 51.7 Å². The van der Waals surface area contributed by atoms with Gasteiger partial charge in [-0.1, -0.05) is 37.6 Å². The van der Waals surface area contributed by atoms with Gasteiger partial charge in [-0.05, 0) is 81.3 Å². The third-order valence-corrected chi connectivity index (χ3v) is 5.62. The van der Waals surface area contributed by atoms with E-state index in [1.807, 2.05) is 25.7 Å². The molecule has 0 unspecified atom stereocenters. The number of amides is 3. The summed E-state index contributed by atoms with van der Waals surface area (Å²) in [5.74, 6) is 0.201. The number of rotatable bonds is 9. The Morgan fingerprint density at radius 2 is 1.37 bits per heavy atom. The molecule has 1 aliphatic heterocycles. The molecule has 0 bridgehead atoms. The van der Waals surface area contributed by atoms with Crippen molar-refractivity contribution in [1.29, 1.82) is 0 Å². The maximum atomic E-state index is 12.4. The predicted octanol–water partition coefficient (Wildman–Crippen LogP) is 4.88. The van der Waals surface area contributed by atoms with E-state index in [1.165, 1.54) is 24.3 Å². The van der Waals surface area contributed by atoms with Crippen molar-refractivity contribution in [3.8, 4) is 0 Å². The van der Waals surface area contributed by atoms with E-state index in [1.54, 1.807) is 24.3 Å². The first-order valence-corrected chi connectivity index (χ1v) is 12.9. The minimum atomic E-state index is -0.374. The maximum absolute atomic E-state index is 12.4. The van der Waals surface area contributed by atoms with Crippen LogP contribution >= 0.6 is 0 Å². The lowest BCUT2D eigenvalue weighted by molar-refractivity contribution is -0.110. The van der Waals surface area contributed by atoms with Crippen molar-refractivity contribution >= 4 is 18.9 Å². The lowest BCUT2D eigenvalue weighted by Crippen LogP contribution is -2.35. The van der Waals surface area contributed by atoms with Crippen LogP contribution in [0.2, 0.25) is 0 Å². The molecule has 38 heavy (non-hydrogen) atoms. The van der Waals surface area contributed by atoms with Crippen LogP contribution in [-0.2, 0) is 27.2 Å². The largest absolute Gasteiger partial charge is 0.444 e. The first-order valence-electron chi connectivity index (χ1n) is 12.9. The van der Waals surface area contributed by atoms with Crippen molar-refractivity contribution in [3.05, 3.63) is 71.3 Å². The van der Waals surface area contributed by atoms with Gasteiger partial charge in [-0.15, -0.1) is 0 Å². The normalized spacial score (nSPS) is 14.3. The molecule has 0 radical (unpaired) electrons. The Balaban J connectivity index is 0.000000286. The van der Waals surface area contributed by atoms with Crippen molar-refractivity contribution in [2.75, 3.05) is 26.2 Å². The second-order valence-electron chi connectivity index (χ2n) is 9.89. The molecule has 2 N–H and O–H groups in total. The van der Waals surface area contributed by atoms with Gasteiger partial charge in [0, 0.05) is 26.2 Å². The SMILES string of the molecule is CC[C@@H]1CCN(C(=O)OC(C)(C)C)C1.O=CNCCc1ccc(F)cc1.O=CNCCc1ccc(F)cc1. The van der Waals surface area contributed by atoms with Gasteiger partial charge in [-0.3, -0.25) is 9.59 Å². The molecule has 9 heteroatoms. The van der Waals surface area contributed by atoms with Crippen molar-refractivity contribution in [1.82, 2.24) is 15.5 Å². The standard InChI is InChI=1S/C11H21NO2.2C9H10FNO/c1-5-9-6-7-12(8-9)10(13)14-11(2,3)4;2*10-9-3-1-8(2-4-9)5-6-11-7-12/h9H,5-8H2,1-4H3;2*1-4,7H,5-6H2,(H,11,12)/t9-;;/m1../s1. The number of halogens is 2. The number of benzene rings is 2. The van der Waals surface area contributed by atoms with Crippen LogP contribution in [0.15, 0.2) is 48.5 Å². The zero-order valence-corrected chi connectivity index (χ0v) is 22.8. The third kappa shape index (κ3) is 14.9. The number of nitrogens with one attached hydrogen (secondary N) is 2. The van der Waals surface area contributed by atoms with Gasteiger partial charge in [-0.25, -0.2) is 13.6 Å². The molecule has 1 aliphatic rings. The molecule has 2 aromatic rings. The minimum Gasteiger partial charge on any atom is -0.444 e. The van der Waals surface area contributed by atoms with Gasteiger partial charge in [0.2, 0.25) is 12.8 Å². The molecule has 0 saturated carbocycles. The highest BCUT2D eigenvalue weighted by Crippen LogP contribution is 2.21. The van der Waals surface area contributed by atoms with E-state index < -0.39 is 0 Å². The maximum Gasteiger partial charge on any atom is 0.410 e. The Bertz CT molecular complexity index is 892. The average molecular weight is 534 g/mol. The molecule has 1 saturated heterocycles. The quantitative estimate of drug-likeness (QED) is 0.355. The fraction of sp³-hybridized carbons (Fsp3) is 0.483. The summed E-state index contributed by atoms with van der Waals surface area (Å²) in [7, 11) is 0. The number of hydrogen-bond donors (Lipinski definition) is 2. The molecular formula is C29H41F2N3O4. The number of hydrogen-bond acceptors (Lipinski definition) is 4. The minimum absolute atomic E-state index is 0.159. The van der Waals surface area contributed by atoms with Gasteiger partial charge in [0.15, 0.2) is 0 Å². The van der Waals surface area contributed by atoms with Crippen LogP contribution in [0.5, 0.6) is 0 Å². The Kier molecular flexibility index (Phi) is 15.3. The van der Waals surface area contributed by atoms with E-state index in [2.05, 4.69) is 17.6 Å². The molecule has 1 fully saturated rings. The summed E-state index contributed by atoms with van der Waals surface area (Å²) in [5.41, 5.74) is 1.66. The summed E-state index contributed by atoms with van der Waals surface area (Å²) in [4.78, 5) is 33.2. The average Bonchev–Trinajstić information content (AvgIpc) is 3.37. The highest BCUT2D eigenvalue weighted by atomic mass is 19.1. The smallest absolute Gasteiger partial charge is 0.410 e. The Hall–Kier alpha value is -3.49. The van der Waals surface area contributed by atoms with Crippen LogP contribution < -0.4 is 10.6 Å². The van der Waals surface area contributed by atoms with Crippen LogP contribution in [0.3, 0.4) is 0 Å². The fourth-order valence-electron chi connectivity index (χ4n) is 3.51. The van der Waals surface area contributed by atoms with Crippen molar-refractivity contribution in [3.63, 3.8) is 0 Å². The van der Waals surface area contributed by atoms with Gasteiger partial charge in [0.05, 0.1) is 0 Å². The molecule has 210 valence electrons. The summed E-state index contributed by atoms with van der Waals surface area (Å²) >= 11 is 0. The highest BCUT2D eigenvalue weighted by molar-refractivity contribution is 5.68. The number of carbonyl (C=O) groups is 3. The van der Waals surface area contributed by atoms with Gasteiger partial charge in [-0.2, -0.15) is 0 Å². The van der Waals surface area contributed by atoms with Crippen LogP contribution in [0, 0.1) is 17.6 Å². The number of ether oxygens (including phenoxy) is 1. The predicted molar refractivity (Wildman–Crippen MR) is 145 cm³/mol. The number of likely N-dealkylation sites (tertiary alicyclic amines) is 1. The molecule has 0 aromatic heterocycles. The first kappa shape index (κ1) is 32.5. The van der Waals surface area contributed by atoms with E-state index >= 15 is 0 Å². The number of nitrogens with zero attached hydrogens (tertiary/aromatic N) is 1. The van der Waals surface area contributed by atoms with Gasteiger partial charge >= 0.3 is 6.09 Å². The van der Waals surface area contributed by atoms with Gasteiger partial charge in [0.25, 0.3) is 0 Å². The Morgan fingerprint density at radius 3 is 1.71 bits per heavy atom. The molecule has 1 heterocycles. The van der Waals surface area contributed by atoms with Crippen LogP contribution in [0.4, 0.5) is 13.6 Å². The van der Waals surface area contributed by atoms with E-state index in [-0.39, 0.29) is 23.3 Å². The van der Waals surface area contributed by atoms with Crippen LogP contribution in [0.25, 0.3) is 0 Å². The Labute approximate surface area is 224 Å². The summed E-state index contributed by atoms with van der Waals surface area (Å²) in [6, 6.07) is 12.5. The molecule has 1 atom stereocenters. The summed E-state index contributed by atoms with van der Waals surface area (Å²) in [6.45, 7) is 10.8. The monoisotopic (exact) mass is 533 g/mol. The summed E-state index contributed by atoms with van der Waals surface area (Å²) < 4.78 is 30.1. The molecule has 3 rings (SSSR count). The van der Waals surface area contributed by atoms with E-state index in [4.69, 9.17) is 4.74 Å². The zero-order chi connectivity index (χ0) is 28.4. The van der Waals surface area contributed by atoms with Gasteiger partial charge < -0.3 is 20.3 Å². The molecule has 2 aromatic carbocycles. The summed E-state index contributed by atoms with van der Waals surface area (Å²) in [5, 5.41) is 5.07. The van der Waals surface area contributed by atoms with Gasteiger partial charge in [0.1, 0.15) is 17.2 Å². The molecule has 0 aliphatic carbocycles. The van der Waals surface area contributed by atoms with Crippen molar-refractivity contribution < 1.29 is 27.9 Å². The van der Waals surface area contributed by atoms with E-state index in [0.29, 0.717) is 31.8 Å². The zero-order valence-electron chi connectivity index (χ0n) is 22.8. The molecule has 7 nitrogen and oxygen atoms in total. The Morgan fingerprint density at radius 1 is 0.921 bits per heavy atom. The molecule has 3 amide bonds. The topological polar surface area (TPSA) is 87.7 Å². The van der Waals surface area contributed by atoms with Crippen molar-refractivity contribution in [2.45, 2.75) is 59.0 Å². The lowest BCUT2D eigenvalue weighted by atomic mass is 10.1. The lowest BCUT2D eigenvalue weighted by Gasteiger charge is -2.24. The molecule has 0 spiro atoms. The summed E-state index contributed by atoms with van der Waals surface area (Å²) in [6.07, 6.45) is 4.90. The number of carbonyl (C=O) groups excluding carboxylic acids is 3. The van der Waals surface area contributed by atoms with E-state index in [9.17, 15) is 23.2 Å². The second kappa shape index (κ2) is 17.9. The highest BCUT2D eigenvalue weighted by Gasteiger charge is 2.28. The van der Waals surface area contributed by atoms with E-state index in [0.717, 1.165) is 49.9 Å². The first-order chi connectivity index (χ1) is 18.1. The third-order valence-electron chi connectivity index (χ3n) is 5.62. The fourth-order valence-corrected chi connectivity index (χ4v) is 3.51.